The van der Waals surface area contributed by atoms with E-state index in [0.29, 0.717) is 0 Å². The van der Waals surface area contributed by atoms with Gasteiger partial charge in [0.2, 0.25) is 0 Å². The Morgan fingerprint density at radius 3 is 0.938 bits per heavy atom. The molecule has 2 aliphatic carbocycles. The van der Waals surface area contributed by atoms with Crippen molar-refractivity contribution in [1.29, 1.82) is 0 Å². The molecule has 0 heterocycles. The summed E-state index contributed by atoms with van der Waals surface area (Å²) in [7, 11) is 0. The molecule has 0 aliphatic heterocycles. The highest BCUT2D eigenvalue weighted by atomic mass is 35.5. The van der Waals surface area contributed by atoms with E-state index in [4.69, 9.17) is 33.4 Å². The van der Waals surface area contributed by atoms with Gasteiger partial charge >= 0.3 is 0 Å². The van der Waals surface area contributed by atoms with Gasteiger partial charge in [-0.1, -0.05) is 36.0 Å². The van der Waals surface area contributed by atoms with E-state index in [0.717, 1.165) is 51.4 Å². The van der Waals surface area contributed by atoms with Crippen molar-refractivity contribution in [3.63, 3.8) is 0 Å². The zero-order valence-corrected chi connectivity index (χ0v) is 11.2. The smallest absolute Gasteiger partial charge is 0.138 e. The molecule has 16 heavy (non-hydrogen) atoms. The molecule has 0 radical (unpaired) electrons. The molecule has 0 aromatic rings. The van der Waals surface area contributed by atoms with E-state index in [2.05, 4.69) is 0 Å². The maximum absolute atomic E-state index is 9.14. The third-order valence-electron chi connectivity index (χ3n) is 3.24. The van der Waals surface area contributed by atoms with Crippen LogP contribution in [0.1, 0.15) is 64.2 Å². The van der Waals surface area contributed by atoms with E-state index in [-0.39, 0.29) is 0 Å². The van der Waals surface area contributed by atoms with Crippen LogP contribution < -0.4 is 0 Å². The molecule has 2 aliphatic rings. The molecule has 2 nitrogen and oxygen atoms in total. The lowest BCUT2D eigenvalue weighted by molar-refractivity contribution is 0.0861. The third kappa shape index (κ3) is 6.29. The van der Waals surface area contributed by atoms with Crippen molar-refractivity contribution < 1.29 is 10.2 Å². The van der Waals surface area contributed by atoms with Gasteiger partial charge in [-0.25, -0.2) is 0 Å². The lowest BCUT2D eigenvalue weighted by Gasteiger charge is -2.24. The average Bonchev–Trinajstić information content (AvgIpc) is 2.17. The minimum absolute atomic E-state index is 0.772. The van der Waals surface area contributed by atoms with Gasteiger partial charge in [0.05, 0.1) is 0 Å². The lowest BCUT2D eigenvalue weighted by Crippen LogP contribution is -2.23. The number of halogens is 2. The Bertz CT molecular complexity index is 167. The fraction of sp³-hybridized carbons (Fsp3) is 1.00. The number of alkyl halides is 2. The Morgan fingerprint density at radius 1 is 0.562 bits per heavy atom. The average molecular weight is 269 g/mol. The lowest BCUT2D eigenvalue weighted by atomic mass is 9.97. The van der Waals surface area contributed by atoms with E-state index in [1.165, 1.54) is 12.8 Å². The number of hydrogen-bond acceptors (Lipinski definition) is 2. The van der Waals surface area contributed by atoms with Crippen molar-refractivity contribution in [2.75, 3.05) is 0 Å². The van der Waals surface area contributed by atoms with Crippen molar-refractivity contribution in [3.05, 3.63) is 0 Å². The molecule has 0 saturated heterocycles. The van der Waals surface area contributed by atoms with Gasteiger partial charge < -0.3 is 10.2 Å². The molecule has 4 heteroatoms. The van der Waals surface area contributed by atoms with Gasteiger partial charge in [-0.3, -0.25) is 0 Å². The Hall–Kier alpha value is 0.500. The normalized spacial score (nSPS) is 27.8. The Morgan fingerprint density at radius 2 is 0.812 bits per heavy atom. The van der Waals surface area contributed by atoms with E-state index in [9.17, 15) is 0 Å². The second kappa shape index (κ2) is 6.44. The molecular formula is C12H22Cl2O2. The van der Waals surface area contributed by atoms with Gasteiger partial charge in [0.15, 0.2) is 0 Å². The fourth-order valence-electron chi connectivity index (χ4n) is 2.19. The molecule has 0 unspecified atom stereocenters. The second-order valence-corrected chi connectivity index (χ2v) is 6.36. The predicted octanol–water partition coefficient (Wildman–Crippen LogP) is 3.76. The molecule has 96 valence electrons. The molecule has 2 saturated carbocycles. The van der Waals surface area contributed by atoms with Crippen LogP contribution in [0.3, 0.4) is 0 Å². The maximum Gasteiger partial charge on any atom is 0.138 e. The molecule has 0 amide bonds. The van der Waals surface area contributed by atoms with Gasteiger partial charge in [-0.2, -0.15) is 0 Å². The second-order valence-electron chi connectivity index (χ2n) is 4.96. The van der Waals surface area contributed by atoms with Gasteiger partial charge in [-0.15, -0.1) is 0 Å². The quantitative estimate of drug-likeness (QED) is 0.657. The molecule has 0 atom stereocenters. The molecule has 0 aromatic heterocycles. The van der Waals surface area contributed by atoms with Crippen LogP contribution in [-0.2, 0) is 0 Å². The first-order chi connectivity index (χ1) is 7.41. The highest BCUT2D eigenvalue weighted by Gasteiger charge is 2.25. The van der Waals surface area contributed by atoms with Crippen LogP contribution >= 0.6 is 23.2 Å². The largest absolute Gasteiger partial charge is 0.375 e. The van der Waals surface area contributed by atoms with Gasteiger partial charge in [0.25, 0.3) is 0 Å². The minimum atomic E-state index is -0.849. The summed E-state index contributed by atoms with van der Waals surface area (Å²) in [5.41, 5.74) is 0. The van der Waals surface area contributed by atoms with Crippen LogP contribution in [0.5, 0.6) is 0 Å². The first-order valence-corrected chi connectivity index (χ1v) is 7.00. The molecular weight excluding hydrogens is 247 g/mol. The topological polar surface area (TPSA) is 40.5 Å². The van der Waals surface area contributed by atoms with Crippen molar-refractivity contribution in [2.24, 2.45) is 0 Å². The number of aliphatic hydroxyl groups is 2. The van der Waals surface area contributed by atoms with Crippen LogP contribution in [0.2, 0.25) is 0 Å². The van der Waals surface area contributed by atoms with E-state index >= 15 is 0 Å². The van der Waals surface area contributed by atoms with Crippen molar-refractivity contribution in [1.82, 2.24) is 0 Å². The van der Waals surface area contributed by atoms with Crippen LogP contribution in [0.25, 0.3) is 0 Å². The van der Waals surface area contributed by atoms with Crippen LogP contribution in [0, 0.1) is 0 Å². The van der Waals surface area contributed by atoms with Crippen molar-refractivity contribution in [3.8, 4) is 0 Å². The molecule has 2 rings (SSSR count). The molecule has 0 bridgehead atoms. The summed E-state index contributed by atoms with van der Waals surface area (Å²) in [6.07, 6.45) is 9.89. The molecule has 2 fully saturated rings. The van der Waals surface area contributed by atoms with E-state index < -0.39 is 10.1 Å². The molecule has 0 aromatic carbocycles. The number of hydrogen-bond donors (Lipinski definition) is 2. The predicted molar refractivity (Wildman–Crippen MR) is 67.8 cm³/mol. The SMILES string of the molecule is OC1(Cl)CCCCC1.OC1(Cl)CCCCC1. The zero-order chi connectivity index (χ0) is 12.1. The van der Waals surface area contributed by atoms with Crippen molar-refractivity contribution >= 4 is 23.2 Å². The third-order valence-corrected chi connectivity index (χ3v) is 4.00. The summed E-state index contributed by atoms with van der Waals surface area (Å²) >= 11 is 11.3. The van der Waals surface area contributed by atoms with Crippen LogP contribution in [0.4, 0.5) is 0 Å². The summed E-state index contributed by atoms with van der Waals surface area (Å²) in [5.74, 6) is 0. The summed E-state index contributed by atoms with van der Waals surface area (Å²) in [5, 5.41) is 16.6. The highest BCUT2D eigenvalue weighted by Crippen LogP contribution is 2.31. The first kappa shape index (κ1) is 14.6. The van der Waals surface area contributed by atoms with E-state index in [1.54, 1.807) is 0 Å². The van der Waals surface area contributed by atoms with Crippen LogP contribution in [-0.4, -0.2) is 20.3 Å². The Labute approximate surface area is 108 Å². The molecule has 2 N–H and O–H groups in total. The van der Waals surface area contributed by atoms with Crippen LogP contribution in [0.15, 0.2) is 0 Å². The maximum atomic E-state index is 9.14. The van der Waals surface area contributed by atoms with Gasteiger partial charge in [0.1, 0.15) is 10.1 Å². The monoisotopic (exact) mass is 268 g/mol. The summed E-state index contributed by atoms with van der Waals surface area (Å²) in [6.45, 7) is 0. The fourth-order valence-corrected chi connectivity index (χ4v) is 2.72. The van der Waals surface area contributed by atoms with Gasteiger partial charge in [0, 0.05) is 0 Å². The first-order valence-electron chi connectivity index (χ1n) is 6.24. The van der Waals surface area contributed by atoms with E-state index in [1.807, 2.05) is 0 Å². The standard InChI is InChI=1S/2C6H11ClO/c2*7-6(8)4-2-1-3-5-6/h2*8H,1-5H2. The highest BCUT2D eigenvalue weighted by molar-refractivity contribution is 6.22. The zero-order valence-electron chi connectivity index (χ0n) is 9.72. The summed E-state index contributed by atoms with van der Waals surface area (Å²) in [6, 6.07) is 0. The Balaban J connectivity index is 0.000000160. The summed E-state index contributed by atoms with van der Waals surface area (Å²) in [4.78, 5) is 0. The van der Waals surface area contributed by atoms with Gasteiger partial charge in [-0.05, 0) is 51.4 Å². The summed E-state index contributed by atoms with van der Waals surface area (Å²) < 4.78 is 0. The van der Waals surface area contributed by atoms with Crippen molar-refractivity contribution in [2.45, 2.75) is 74.3 Å². The number of rotatable bonds is 0. The minimum Gasteiger partial charge on any atom is -0.375 e. The Kier molecular flexibility index (Phi) is 5.86. The molecule has 0 spiro atoms.